The van der Waals surface area contributed by atoms with Gasteiger partial charge in [-0.1, -0.05) is 0 Å². The van der Waals surface area contributed by atoms with E-state index in [1.54, 1.807) is 0 Å². The van der Waals surface area contributed by atoms with Gasteiger partial charge in [0, 0.05) is 24.2 Å². The zero-order chi connectivity index (χ0) is 12.4. The minimum atomic E-state index is -0.718. The van der Waals surface area contributed by atoms with E-state index in [4.69, 9.17) is 16.2 Å². The predicted octanol–water partition coefficient (Wildman–Crippen LogP) is 1.71. The van der Waals surface area contributed by atoms with Crippen molar-refractivity contribution in [3.8, 4) is 5.75 Å². The summed E-state index contributed by atoms with van der Waals surface area (Å²) in [7, 11) is 0. The molecule has 1 unspecified atom stereocenters. The van der Waals surface area contributed by atoms with Crippen LogP contribution in [0.3, 0.4) is 0 Å². The molecule has 0 aromatic heterocycles. The van der Waals surface area contributed by atoms with Gasteiger partial charge >= 0.3 is 0 Å². The van der Waals surface area contributed by atoms with Crippen LogP contribution in [-0.2, 0) is 0 Å². The van der Waals surface area contributed by atoms with Crippen molar-refractivity contribution in [1.29, 1.82) is 0 Å². The summed E-state index contributed by atoms with van der Waals surface area (Å²) in [5, 5.41) is 0. The van der Waals surface area contributed by atoms with Gasteiger partial charge in [-0.15, -0.1) is 0 Å². The van der Waals surface area contributed by atoms with Gasteiger partial charge < -0.3 is 16.2 Å². The molecule has 0 radical (unpaired) electrons. The SMILES string of the molecule is NCC(N)c1cc(F)cc(F)c1OCC1CC1. The van der Waals surface area contributed by atoms with Gasteiger partial charge in [0.15, 0.2) is 11.6 Å². The second-order valence-corrected chi connectivity index (χ2v) is 4.40. The number of benzene rings is 1. The van der Waals surface area contributed by atoms with Gasteiger partial charge in [0.2, 0.25) is 0 Å². The monoisotopic (exact) mass is 242 g/mol. The smallest absolute Gasteiger partial charge is 0.168 e. The molecule has 0 amide bonds. The number of ether oxygens (including phenoxy) is 1. The molecule has 1 aliphatic rings. The summed E-state index contributed by atoms with van der Waals surface area (Å²) in [4.78, 5) is 0. The summed E-state index contributed by atoms with van der Waals surface area (Å²) in [6.45, 7) is 0.565. The molecule has 0 saturated heterocycles. The maximum atomic E-state index is 13.6. The van der Waals surface area contributed by atoms with Crippen LogP contribution in [0.2, 0.25) is 0 Å². The minimum absolute atomic E-state index is 0.0382. The zero-order valence-corrected chi connectivity index (χ0v) is 9.46. The molecule has 3 nitrogen and oxygen atoms in total. The zero-order valence-electron chi connectivity index (χ0n) is 9.46. The lowest BCUT2D eigenvalue weighted by atomic mass is 10.1. The fourth-order valence-electron chi connectivity index (χ4n) is 1.62. The van der Waals surface area contributed by atoms with Crippen molar-refractivity contribution in [1.82, 2.24) is 0 Å². The van der Waals surface area contributed by atoms with Crippen LogP contribution >= 0.6 is 0 Å². The van der Waals surface area contributed by atoms with Gasteiger partial charge in [-0.3, -0.25) is 0 Å². The third-order valence-corrected chi connectivity index (χ3v) is 2.85. The lowest BCUT2D eigenvalue weighted by Gasteiger charge is -2.16. The molecule has 1 aromatic rings. The first-order valence-electron chi connectivity index (χ1n) is 5.69. The quantitative estimate of drug-likeness (QED) is 0.826. The van der Waals surface area contributed by atoms with E-state index in [1.807, 2.05) is 0 Å². The van der Waals surface area contributed by atoms with Crippen molar-refractivity contribution in [2.75, 3.05) is 13.2 Å². The van der Waals surface area contributed by atoms with E-state index in [9.17, 15) is 8.78 Å². The Hall–Kier alpha value is -1.20. The fourth-order valence-corrected chi connectivity index (χ4v) is 1.62. The average Bonchev–Trinajstić information content (AvgIpc) is 3.09. The maximum absolute atomic E-state index is 13.6. The Morgan fingerprint density at radius 1 is 1.35 bits per heavy atom. The Morgan fingerprint density at radius 3 is 2.65 bits per heavy atom. The van der Waals surface area contributed by atoms with Gasteiger partial charge in [-0.2, -0.15) is 0 Å². The highest BCUT2D eigenvalue weighted by atomic mass is 19.1. The third-order valence-electron chi connectivity index (χ3n) is 2.85. The Morgan fingerprint density at radius 2 is 2.06 bits per heavy atom. The van der Waals surface area contributed by atoms with Crippen molar-refractivity contribution in [3.63, 3.8) is 0 Å². The average molecular weight is 242 g/mol. The number of hydrogen-bond donors (Lipinski definition) is 2. The number of nitrogens with two attached hydrogens (primary N) is 2. The summed E-state index contributed by atoms with van der Waals surface area (Å²) in [5.41, 5.74) is 11.4. The molecule has 1 saturated carbocycles. The van der Waals surface area contributed by atoms with Crippen molar-refractivity contribution >= 4 is 0 Å². The predicted molar refractivity (Wildman–Crippen MR) is 60.6 cm³/mol. The highest BCUT2D eigenvalue weighted by molar-refractivity contribution is 5.38. The molecule has 0 heterocycles. The molecule has 2 rings (SSSR count). The molecule has 5 heteroatoms. The third kappa shape index (κ3) is 2.92. The second kappa shape index (κ2) is 4.98. The van der Waals surface area contributed by atoms with E-state index in [-0.39, 0.29) is 12.3 Å². The van der Waals surface area contributed by atoms with Crippen molar-refractivity contribution in [3.05, 3.63) is 29.3 Å². The van der Waals surface area contributed by atoms with Crippen LogP contribution in [0.15, 0.2) is 12.1 Å². The molecular formula is C12H16F2N2O. The van der Waals surface area contributed by atoms with Gasteiger partial charge in [0.05, 0.1) is 6.61 Å². The number of rotatable bonds is 5. The van der Waals surface area contributed by atoms with E-state index < -0.39 is 17.7 Å². The molecule has 94 valence electrons. The largest absolute Gasteiger partial charge is 0.490 e. The Kier molecular flexibility index (Phi) is 3.59. The van der Waals surface area contributed by atoms with Gasteiger partial charge in [0.25, 0.3) is 0 Å². The summed E-state index contributed by atoms with van der Waals surface area (Å²) in [6, 6.07) is 1.37. The molecule has 1 aliphatic carbocycles. The molecule has 0 spiro atoms. The summed E-state index contributed by atoms with van der Waals surface area (Å²) in [5.74, 6) is -0.859. The summed E-state index contributed by atoms with van der Waals surface area (Å²) < 4.78 is 32.1. The first-order valence-corrected chi connectivity index (χ1v) is 5.69. The van der Waals surface area contributed by atoms with Crippen LogP contribution in [-0.4, -0.2) is 13.2 Å². The Labute approximate surface area is 98.7 Å². The highest BCUT2D eigenvalue weighted by Gasteiger charge is 2.24. The lowest BCUT2D eigenvalue weighted by molar-refractivity contribution is 0.279. The molecule has 1 atom stereocenters. The van der Waals surface area contributed by atoms with Crippen LogP contribution in [0, 0.1) is 17.6 Å². The first kappa shape index (κ1) is 12.3. The molecule has 1 fully saturated rings. The topological polar surface area (TPSA) is 61.3 Å². The second-order valence-electron chi connectivity index (χ2n) is 4.40. The molecule has 4 N–H and O–H groups in total. The fraction of sp³-hybridized carbons (Fsp3) is 0.500. The molecule has 0 bridgehead atoms. The molecule has 0 aliphatic heterocycles. The number of halogens is 2. The standard InChI is InChI=1S/C12H16F2N2O/c13-8-3-9(11(16)5-15)12(10(14)4-8)17-6-7-1-2-7/h3-4,7,11H,1-2,5-6,15-16H2. The summed E-state index contributed by atoms with van der Waals surface area (Å²) in [6.07, 6.45) is 2.20. The van der Waals surface area contributed by atoms with Crippen molar-refractivity contribution in [2.45, 2.75) is 18.9 Å². The van der Waals surface area contributed by atoms with E-state index in [0.29, 0.717) is 18.1 Å². The van der Waals surface area contributed by atoms with Crippen molar-refractivity contribution < 1.29 is 13.5 Å². The van der Waals surface area contributed by atoms with Crippen LogP contribution in [0.1, 0.15) is 24.4 Å². The molecular weight excluding hydrogens is 226 g/mol. The van der Waals surface area contributed by atoms with Crippen LogP contribution in [0.4, 0.5) is 8.78 Å². The van der Waals surface area contributed by atoms with Crippen LogP contribution in [0.25, 0.3) is 0 Å². The lowest BCUT2D eigenvalue weighted by Crippen LogP contribution is -2.22. The first-order chi connectivity index (χ1) is 8.11. The van der Waals surface area contributed by atoms with E-state index in [2.05, 4.69) is 0 Å². The van der Waals surface area contributed by atoms with Crippen molar-refractivity contribution in [2.24, 2.45) is 17.4 Å². The van der Waals surface area contributed by atoms with E-state index in [0.717, 1.165) is 18.9 Å². The number of hydrogen-bond acceptors (Lipinski definition) is 3. The normalized spacial score (nSPS) is 16.9. The molecule has 17 heavy (non-hydrogen) atoms. The van der Waals surface area contributed by atoms with Crippen LogP contribution < -0.4 is 16.2 Å². The maximum Gasteiger partial charge on any atom is 0.168 e. The van der Waals surface area contributed by atoms with Gasteiger partial charge in [-0.25, -0.2) is 8.78 Å². The highest BCUT2D eigenvalue weighted by Crippen LogP contribution is 2.33. The van der Waals surface area contributed by atoms with Gasteiger partial charge in [0.1, 0.15) is 5.82 Å². The Balaban J connectivity index is 2.24. The van der Waals surface area contributed by atoms with E-state index >= 15 is 0 Å². The van der Waals surface area contributed by atoms with Gasteiger partial charge in [-0.05, 0) is 24.8 Å². The molecule has 1 aromatic carbocycles. The van der Waals surface area contributed by atoms with Crippen LogP contribution in [0.5, 0.6) is 5.75 Å². The minimum Gasteiger partial charge on any atom is -0.490 e. The summed E-state index contributed by atoms with van der Waals surface area (Å²) >= 11 is 0. The Bertz CT molecular complexity index is 408. The van der Waals surface area contributed by atoms with E-state index in [1.165, 1.54) is 6.07 Å².